The van der Waals surface area contributed by atoms with Gasteiger partial charge in [-0.3, -0.25) is 14.2 Å². The Labute approximate surface area is 197 Å². The molecule has 0 aliphatic carbocycles. The van der Waals surface area contributed by atoms with Crippen LogP contribution in [0, 0.1) is 11.8 Å². The number of aromatic amines is 1. The summed E-state index contributed by atoms with van der Waals surface area (Å²) < 4.78 is 1.20. The average molecular weight is 452 g/mol. The number of nitrogens with one attached hydrogen (secondary N) is 1. The fraction of sp³-hybridized carbons (Fsp3) is 0.179. The highest BCUT2D eigenvalue weighted by Crippen LogP contribution is 2.17. The summed E-state index contributed by atoms with van der Waals surface area (Å²) in [6.45, 7) is 1.79. The van der Waals surface area contributed by atoms with E-state index >= 15 is 0 Å². The number of benzene rings is 3. The summed E-state index contributed by atoms with van der Waals surface area (Å²) in [6.07, 6.45) is 0.609. The van der Waals surface area contributed by atoms with Crippen LogP contribution in [0.4, 0.5) is 0 Å². The van der Waals surface area contributed by atoms with Gasteiger partial charge in [-0.1, -0.05) is 54.3 Å². The van der Waals surface area contributed by atoms with E-state index in [0.717, 1.165) is 11.1 Å². The second kappa shape index (κ2) is 9.63. The van der Waals surface area contributed by atoms with Gasteiger partial charge in [-0.15, -0.1) is 0 Å². The molecule has 6 heteroatoms. The number of carbonyl (C=O) groups is 1. The first-order valence-corrected chi connectivity index (χ1v) is 11.0. The lowest BCUT2D eigenvalue weighted by molar-refractivity contribution is 0.0827. The molecule has 1 heterocycles. The van der Waals surface area contributed by atoms with E-state index in [4.69, 9.17) is 0 Å². The highest BCUT2D eigenvalue weighted by Gasteiger charge is 2.16. The van der Waals surface area contributed by atoms with Crippen molar-refractivity contribution in [3.8, 4) is 11.8 Å². The Bertz CT molecular complexity index is 1520. The summed E-state index contributed by atoms with van der Waals surface area (Å²) >= 11 is 0. The number of nitrogens with zero attached hydrogens (tertiary/aromatic N) is 2. The maximum atomic E-state index is 13.3. The van der Waals surface area contributed by atoms with Crippen LogP contribution in [0.3, 0.4) is 0 Å². The number of fused-ring (bicyclic) bond motifs is 1. The fourth-order valence-corrected chi connectivity index (χ4v) is 3.81. The Morgan fingerprint density at radius 1 is 1.00 bits per heavy atom. The molecule has 1 atom stereocenters. The van der Waals surface area contributed by atoms with Gasteiger partial charge in [0.05, 0.1) is 16.9 Å². The largest absolute Gasteiger partial charge is 0.345 e. The molecule has 6 nitrogen and oxygen atoms in total. The van der Waals surface area contributed by atoms with Crippen LogP contribution in [0.15, 0.2) is 82.4 Å². The quantitative estimate of drug-likeness (QED) is 0.482. The van der Waals surface area contributed by atoms with Crippen LogP contribution < -0.4 is 11.2 Å². The van der Waals surface area contributed by atoms with Gasteiger partial charge in [-0.2, -0.15) is 0 Å². The van der Waals surface area contributed by atoms with Gasteiger partial charge in [0, 0.05) is 31.6 Å². The van der Waals surface area contributed by atoms with Crippen molar-refractivity contribution in [2.24, 2.45) is 0 Å². The van der Waals surface area contributed by atoms with Crippen molar-refractivity contribution in [3.63, 3.8) is 0 Å². The van der Waals surface area contributed by atoms with Crippen LogP contribution in [0.5, 0.6) is 0 Å². The van der Waals surface area contributed by atoms with Crippen molar-refractivity contribution in [1.29, 1.82) is 0 Å². The summed E-state index contributed by atoms with van der Waals surface area (Å²) in [6, 6.07) is 21.6. The van der Waals surface area contributed by atoms with E-state index in [-0.39, 0.29) is 11.5 Å². The van der Waals surface area contributed by atoms with E-state index in [1.165, 1.54) is 9.47 Å². The van der Waals surface area contributed by atoms with E-state index in [2.05, 4.69) is 16.8 Å². The molecule has 4 aromatic rings. The van der Waals surface area contributed by atoms with Gasteiger partial charge < -0.3 is 9.88 Å². The lowest BCUT2D eigenvalue weighted by Crippen LogP contribution is -2.37. The molecule has 0 fully saturated rings. The van der Waals surface area contributed by atoms with Crippen LogP contribution in [0.1, 0.15) is 40.0 Å². The number of rotatable bonds is 4. The van der Waals surface area contributed by atoms with Crippen molar-refractivity contribution in [3.05, 3.63) is 116 Å². The minimum atomic E-state index is -0.517. The summed E-state index contributed by atoms with van der Waals surface area (Å²) in [4.78, 5) is 42.5. The Hall–Kier alpha value is -4.37. The van der Waals surface area contributed by atoms with E-state index in [1.807, 2.05) is 30.3 Å². The van der Waals surface area contributed by atoms with Gasteiger partial charge in [0.1, 0.15) is 0 Å². The minimum absolute atomic E-state index is 0.110. The molecular formula is C28H25N3O3. The molecule has 0 aliphatic rings. The number of H-pyrrole nitrogens is 1. The van der Waals surface area contributed by atoms with E-state index in [1.54, 1.807) is 63.5 Å². The molecule has 0 bridgehead atoms. The van der Waals surface area contributed by atoms with Crippen LogP contribution in [-0.2, 0) is 6.42 Å². The summed E-state index contributed by atoms with van der Waals surface area (Å²) in [5, 5.41) is 0.400. The SMILES string of the molecule is CC(c1ccc(C(=O)N(C)C)cc1)n1c(=O)[nH]c2ccc(C#CCc3ccccc3)cc2c1=O. The molecular weight excluding hydrogens is 426 g/mol. The van der Waals surface area contributed by atoms with Crippen molar-refractivity contribution in [2.75, 3.05) is 14.1 Å². The standard InChI is InChI=1S/C28H25N3O3/c1-19(22-13-15-23(16-14-22)26(32)30(2)3)31-27(33)24-18-21(12-17-25(24)29-28(31)34)11-7-10-20-8-5-4-6-9-20/h4-6,8-9,12-19H,10H2,1-3H3,(H,29,34). The summed E-state index contributed by atoms with van der Waals surface area (Å²) in [7, 11) is 3.38. The first-order valence-electron chi connectivity index (χ1n) is 11.0. The van der Waals surface area contributed by atoms with Gasteiger partial charge in [0.25, 0.3) is 11.5 Å². The minimum Gasteiger partial charge on any atom is -0.345 e. The van der Waals surface area contributed by atoms with E-state index in [9.17, 15) is 14.4 Å². The molecule has 0 radical (unpaired) electrons. The van der Waals surface area contributed by atoms with Crippen molar-refractivity contribution >= 4 is 16.8 Å². The normalized spacial score (nSPS) is 11.5. The predicted molar refractivity (Wildman–Crippen MR) is 134 cm³/mol. The highest BCUT2D eigenvalue weighted by molar-refractivity contribution is 5.93. The second-order valence-corrected chi connectivity index (χ2v) is 8.33. The Balaban J connectivity index is 1.67. The zero-order chi connectivity index (χ0) is 24.2. The van der Waals surface area contributed by atoms with Crippen LogP contribution >= 0.6 is 0 Å². The third-order valence-electron chi connectivity index (χ3n) is 5.73. The number of carbonyl (C=O) groups excluding carboxylic acids is 1. The zero-order valence-electron chi connectivity index (χ0n) is 19.3. The van der Waals surface area contributed by atoms with E-state index in [0.29, 0.717) is 28.5 Å². The van der Waals surface area contributed by atoms with Crippen LogP contribution in [0.2, 0.25) is 0 Å². The number of aromatic nitrogens is 2. The molecule has 1 unspecified atom stereocenters. The average Bonchev–Trinajstić information content (AvgIpc) is 2.84. The number of hydrogen-bond acceptors (Lipinski definition) is 3. The molecule has 34 heavy (non-hydrogen) atoms. The first-order chi connectivity index (χ1) is 16.3. The molecule has 0 aliphatic heterocycles. The van der Waals surface area contributed by atoms with Crippen LogP contribution in [-0.4, -0.2) is 34.5 Å². The highest BCUT2D eigenvalue weighted by atomic mass is 16.2. The number of hydrogen-bond donors (Lipinski definition) is 1. The van der Waals surface area contributed by atoms with Gasteiger partial charge >= 0.3 is 5.69 Å². The monoisotopic (exact) mass is 451 g/mol. The topological polar surface area (TPSA) is 75.2 Å². The molecule has 1 aromatic heterocycles. The predicted octanol–water partition coefficient (Wildman–Crippen LogP) is 3.60. The maximum Gasteiger partial charge on any atom is 0.329 e. The molecule has 0 saturated carbocycles. The lowest BCUT2D eigenvalue weighted by atomic mass is 10.0. The molecule has 4 rings (SSSR count). The lowest BCUT2D eigenvalue weighted by Gasteiger charge is -2.16. The van der Waals surface area contributed by atoms with Crippen LogP contribution in [0.25, 0.3) is 10.9 Å². The van der Waals surface area contributed by atoms with Gasteiger partial charge in [-0.05, 0) is 48.4 Å². The molecule has 0 spiro atoms. The Morgan fingerprint density at radius 3 is 2.38 bits per heavy atom. The second-order valence-electron chi connectivity index (χ2n) is 8.33. The summed E-state index contributed by atoms with van der Waals surface area (Å²) in [5.74, 6) is 6.13. The zero-order valence-corrected chi connectivity index (χ0v) is 19.3. The van der Waals surface area contributed by atoms with Gasteiger partial charge in [0.15, 0.2) is 0 Å². The Morgan fingerprint density at radius 2 is 1.71 bits per heavy atom. The van der Waals surface area contributed by atoms with E-state index < -0.39 is 11.7 Å². The third kappa shape index (κ3) is 4.69. The third-order valence-corrected chi connectivity index (χ3v) is 5.73. The van der Waals surface area contributed by atoms with Crippen molar-refractivity contribution in [2.45, 2.75) is 19.4 Å². The van der Waals surface area contributed by atoms with Gasteiger partial charge in [0.2, 0.25) is 0 Å². The maximum absolute atomic E-state index is 13.3. The summed E-state index contributed by atoms with van der Waals surface area (Å²) in [5.41, 5.74) is 2.72. The van der Waals surface area contributed by atoms with Crippen molar-refractivity contribution < 1.29 is 4.79 Å². The molecule has 1 amide bonds. The first kappa shape index (κ1) is 22.8. The number of amides is 1. The molecule has 3 aromatic carbocycles. The molecule has 1 N–H and O–H groups in total. The van der Waals surface area contributed by atoms with Gasteiger partial charge in [-0.25, -0.2) is 4.79 Å². The smallest absolute Gasteiger partial charge is 0.329 e. The fourth-order valence-electron chi connectivity index (χ4n) is 3.81. The van der Waals surface area contributed by atoms with Crippen molar-refractivity contribution in [1.82, 2.24) is 14.5 Å². The molecule has 170 valence electrons. The Kier molecular flexibility index (Phi) is 6.46. The molecule has 0 saturated heterocycles.